The van der Waals surface area contributed by atoms with Crippen LogP contribution in [0.1, 0.15) is 16.1 Å². The molecule has 0 bridgehead atoms. The van der Waals surface area contributed by atoms with Crippen molar-refractivity contribution >= 4 is 33.0 Å². The molecule has 2 aromatic carbocycles. The molecular weight excluding hydrogens is 444 g/mol. The average molecular weight is 465 g/mol. The third kappa shape index (κ3) is 3.69. The highest BCUT2D eigenvalue weighted by atomic mass is 35.5. The number of rotatable bonds is 5. The first-order valence-electron chi connectivity index (χ1n) is 9.31. The molecule has 158 valence electrons. The van der Waals surface area contributed by atoms with Gasteiger partial charge in [0.1, 0.15) is 5.01 Å². The Morgan fingerprint density at radius 2 is 1.90 bits per heavy atom. The van der Waals surface area contributed by atoms with Gasteiger partial charge in [-0.1, -0.05) is 17.7 Å². The molecule has 1 aromatic heterocycles. The molecule has 0 fully saturated rings. The van der Waals surface area contributed by atoms with Crippen LogP contribution >= 0.6 is 22.9 Å². The topological polar surface area (TPSA) is 68.7 Å². The molecule has 1 aliphatic rings. The Kier molecular flexibility index (Phi) is 5.76. The third-order valence-corrected chi connectivity index (χ3v) is 8.69. The minimum absolute atomic E-state index is 0.253. The van der Waals surface area contributed by atoms with Crippen molar-refractivity contribution in [1.82, 2.24) is 9.29 Å². The quantitative estimate of drug-likeness (QED) is 0.554. The van der Waals surface area contributed by atoms with E-state index in [1.165, 1.54) is 15.6 Å². The molecule has 1 aliphatic heterocycles. The summed E-state index contributed by atoms with van der Waals surface area (Å²) in [6, 6.07) is 10.6. The van der Waals surface area contributed by atoms with Crippen molar-refractivity contribution in [3.8, 4) is 22.1 Å². The van der Waals surface area contributed by atoms with Crippen LogP contribution in [0.25, 0.3) is 10.6 Å². The summed E-state index contributed by atoms with van der Waals surface area (Å²) >= 11 is 7.65. The Hall–Kier alpha value is -2.13. The predicted molar refractivity (Wildman–Crippen MR) is 118 cm³/mol. The second kappa shape index (κ2) is 8.19. The molecule has 30 heavy (non-hydrogen) atoms. The van der Waals surface area contributed by atoms with E-state index in [0.29, 0.717) is 41.6 Å². The Bertz CT molecular complexity index is 1210. The lowest BCUT2D eigenvalue weighted by atomic mass is 10.2. The Morgan fingerprint density at radius 1 is 1.13 bits per heavy atom. The summed E-state index contributed by atoms with van der Waals surface area (Å²) in [6.07, 6.45) is 0.567. The maximum Gasteiger partial charge on any atom is 0.243 e. The molecule has 2 heterocycles. The Morgan fingerprint density at radius 3 is 2.63 bits per heavy atom. The van der Waals surface area contributed by atoms with Crippen molar-refractivity contribution in [3.05, 3.63) is 57.6 Å². The number of nitrogens with zero attached hydrogens (tertiary/aromatic N) is 2. The monoisotopic (exact) mass is 464 g/mol. The Balaban J connectivity index is 1.64. The number of benzene rings is 2. The van der Waals surface area contributed by atoms with Gasteiger partial charge < -0.3 is 9.47 Å². The molecule has 0 radical (unpaired) electrons. The number of halogens is 1. The summed E-state index contributed by atoms with van der Waals surface area (Å²) in [5.41, 5.74) is 2.42. The van der Waals surface area contributed by atoms with Crippen LogP contribution in [-0.4, -0.2) is 38.5 Å². The maximum absolute atomic E-state index is 13.2. The van der Waals surface area contributed by atoms with Crippen LogP contribution < -0.4 is 9.47 Å². The highest BCUT2D eigenvalue weighted by molar-refractivity contribution is 7.89. The van der Waals surface area contributed by atoms with Crippen molar-refractivity contribution in [2.45, 2.75) is 24.8 Å². The number of hydrogen-bond acceptors (Lipinski definition) is 6. The van der Waals surface area contributed by atoms with Gasteiger partial charge in [0, 0.05) is 28.4 Å². The lowest BCUT2D eigenvalue weighted by molar-refractivity contribution is 0.355. The molecule has 0 atom stereocenters. The fourth-order valence-corrected chi connectivity index (χ4v) is 6.56. The van der Waals surface area contributed by atoms with Crippen LogP contribution in [0.15, 0.2) is 41.3 Å². The third-order valence-electron chi connectivity index (χ3n) is 5.16. The second-order valence-electron chi connectivity index (χ2n) is 6.91. The van der Waals surface area contributed by atoms with Crippen molar-refractivity contribution in [1.29, 1.82) is 0 Å². The summed E-state index contributed by atoms with van der Waals surface area (Å²) in [5.74, 6) is 1.28. The number of sulfonamides is 1. The zero-order chi connectivity index (χ0) is 21.5. The van der Waals surface area contributed by atoms with E-state index in [1.54, 1.807) is 39.3 Å². The highest BCUT2D eigenvalue weighted by Crippen LogP contribution is 2.37. The molecule has 4 rings (SSSR count). The molecule has 0 spiro atoms. The molecule has 0 saturated heterocycles. The van der Waals surface area contributed by atoms with Crippen LogP contribution in [0.3, 0.4) is 0 Å². The molecule has 0 N–H and O–H groups in total. The van der Waals surface area contributed by atoms with Crippen LogP contribution in [0.5, 0.6) is 11.5 Å². The van der Waals surface area contributed by atoms with Crippen LogP contribution in [0.2, 0.25) is 5.02 Å². The second-order valence-corrected chi connectivity index (χ2v) is 10.3. The zero-order valence-electron chi connectivity index (χ0n) is 16.8. The highest BCUT2D eigenvalue weighted by Gasteiger charge is 2.32. The SMILES string of the molecule is COc1ccc(-c2nc3c(s2)CN(S(=O)(=O)c2cccc(Cl)c2C)CC3)cc1OC. The molecular formula is C21H21ClN2O4S2. The fourth-order valence-electron chi connectivity index (χ4n) is 3.48. The number of hydrogen-bond donors (Lipinski definition) is 0. The van der Waals surface area contributed by atoms with Crippen molar-refractivity contribution < 1.29 is 17.9 Å². The lowest BCUT2D eigenvalue weighted by Gasteiger charge is -2.26. The van der Waals surface area contributed by atoms with Gasteiger partial charge in [0.05, 0.1) is 31.4 Å². The van der Waals surface area contributed by atoms with E-state index in [2.05, 4.69) is 0 Å². The smallest absolute Gasteiger partial charge is 0.243 e. The van der Waals surface area contributed by atoms with Gasteiger partial charge in [-0.05, 0) is 42.8 Å². The number of ether oxygens (including phenoxy) is 2. The van der Waals surface area contributed by atoms with Gasteiger partial charge in [0.2, 0.25) is 10.0 Å². The molecule has 9 heteroatoms. The van der Waals surface area contributed by atoms with E-state index in [9.17, 15) is 8.42 Å². The maximum atomic E-state index is 13.2. The normalized spacial score (nSPS) is 14.4. The lowest BCUT2D eigenvalue weighted by Crippen LogP contribution is -2.35. The van der Waals surface area contributed by atoms with E-state index in [1.807, 2.05) is 18.2 Å². The standard InChI is InChI=1S/C21H21ClN2O4S2/c1-13-15(22)5-4-6-20(13)30(25,26)24-10-9-16-19(12-24)29-21(23-16)14-7-8-17(27-2)18(11-14)28-3/h4-8,11H,9-10,12H2,1-3H3. The van der Waals surface area contributed by atoms with E-state index < -0.39 is 10.0 Å². The minimum atomic E-state index is -3.64. The molecule has 0 unspecified atom stereocenters. The van der Waals surface area contributed by atoms with Gasteiger partial charge in [-0.2, -0.15) is 4.31 Å². The summed E-state index contributed by atoms with van der Waals surface area (Å²) in [5, 5.41) is 1.28. The summed E-state index contributed by atoms with van der Waals surface area (Å²) in [7, 11) is -0.456. The van der Waals surface area contributed by atoms with E-state index in [0.717, 1.165) is 21.1 Å². The van der Waals surface area contributed by atoms with E-state index >= 15 is 0 Å². The van der Waals surface area contributed by atoms with E-state index in [-0.39, 0.29) is 4.90 Å². The Labute approximate surface area is 185 Å². The number of fused-ring (bicyclic) bond motifs is 1. The van der Waals surface area contributed by atoms with Crippen molar-refractivity contribution in [2.75, 3.05) is 20.8 Å². The van der Waals surface area contributed by atoms with Gasteiger partial charge in [0.15, 0.2) is 11.5 Å². The molecule has 0 saturated carbocycles. The number of aromatic nitrogens is 1. The average Bonchev–Trinajstić information content (AvgIpc) is 3.18. The summed E-state index contributed by atoms with van der Waals surface area (Å²) < 4.78 is 38.6. The van der Waals surface area contributed by atoms with Gasteiger partial charge in [-0.25, -0.2) is 13.4 Å². The predicted octanol–water partition coefficient (Wildman–Crippen LogP) is 4.54. The van der Waals surface area contributed by atoms with Gasteiger partial charge >= 0.3 is 0 Å². The fraction of sp³-hybridized carbons (Fsp3) is 0.286. The molecule has 6 nitrogen and oxygen atoms in total. The molecule has 3 aromatic rings. The first kappa shape index (κ1) is 21.1. The van der Waals surface area contributed by atoms with Crippen molar-refractivity contribution in [2.24, 2.45) is 0 Å². The van der Waals surface area contributed by atoms with Gasteiger partial charge in [0.25, 0.3) is 0 Å². The first-order valence-corrected chi connectivity index (χ1v) is 11.9. The summed E-state index contributed by atoms with van der Waals surface area (Å²) in [6.45, 7) is 2.41. The number of thiazole rings is 1. The largest absolute Gasteiger partial charge is 0.493 e. The van der Waals surface area contributed by atoms with E-state index in [4.69, 9.17) is 26.1 Å². The first-order chi connectivity index (χ1) is 14.3. The van der Waals surface area contributed by atoms with Gasteiger partial charge in [-0.15, -0.1) is 11.3 Å². The molecule has 0 aliphatic carbocycles. The van der Waals surface area contributed by atoms with Crippen LogP contribution in [0.4, 0.5) is 0 Å². The van der Waals surface area contributed by atoms with Crippen LogP contribution in [-0.2, 0) is 23.0 Å². The minimum Gasteiger partial charge on any atom is -0.493 e. The molecule has 0 amide bonds. The number of methoxy groups -OCH3 is 2. The van der Waals surface area contributed by atoms with Crippen LogP contribution in [0, 0.1) is 6.92 Å². The van der Waals surface area contributed by atoms with Gasteiger partial charge in [-0.3, -0.25) is 0 Å². The zero-order valence-corrected chi connectivity index (χ0v) is 19.2. The summed E-state index contributed by atoms with van der Waals surface area (Å²) in [4.78, 5) is 5.96. The van der Waals surface area contributed by atoms with Crippen molar-refractivity contribution in [3.63, 3.8) is 0 Å².